The van der Waals surface area contributed by atoms with Crippen LogP contribution in [0.3, 0.4) is 0 Å². The molecule has 0 saturated heterocycles. The molecule has 1 aromatic carbocycles. The van der Waals surface area contributed by atoms with Crippen LogP contribution in [0.25, 0.3) is 0 Å². The highest BCUT2D eigenvalue weighted by Crippen LogP contribution is 2.33. The Balaban J connectivity index is 2.38. The van der Waals surface area contributed by atoms with Gasteiger partial charge in [-0.15, -0.1) is 0 Å². The molecule has 1 unspecified atom stereocenters. The third kappa shape index (κ3) is 3.25. The van der Waals surface area contributed by atoms with Gasteiger partial charge in [0.1, 0.15) is 0 Å². The smallest absolute Gasteiger partial charge is 0.161 e. The van der Waals surface area contributed by atoms with Crippen molar-refractivity contribution >= 4 is 0 Å². The lowest BCUT2D eigenvalue weighted by Gasteiger charge is -2.16. The second-order valence-corrected chi connectivity index (χ2v) is 6.36. The van der Waals surface area contributed by atoms with Gasteiger partial charge in [0.15, 0.2) is 11.5 Å². The third-order valence-electron chi connectivity index (χ3n) is 3.79. The van der Waals surface area contributed by atoms with E-state index in [0.29, 0.717) is 18.0 Å². The van der Waals surface area contributed by atoms with Crippen LogP contribution in [-0.2, 0) is 5.41 Å². The van der Waals surface area contributed by atoms with Crippen LogP contribution in [0.4, 0.5) is 0 Å². The molecule has 0 amide bonds. The minimum atomic E-state index is 0.00545. The average molecular weight is 303 g/mol. The summed E-state index contributed by atoms with van der Waals surface area (Å²) in [7, 11) is 3.26. The van der Waals surface area contributed by atoms with Gasteiger partial charge in [0.2, 0.25) is 0 Å². The van der Waals surface area contributed by atoms with Crippen LogP contribution in [0.15, 0.2) is 24.3 Å². The van der Waals surface area contributed by atoms with Crippen LogP contribution in [0.5, 0.6) is 11.5 Å². The summed E-state index contributed by atoms with van der Waals surface area (Å²) in [5.41, 5.74) is 9.12. The van der Waals surface area contributed by atoms with Gasteiger partial charge in [-0.3, -0.25) is 5.10 Å². The molecular formula is C17H25N3O2. The molecule has 0 spiro atoms. The number of methoxy groups -OCH3 is 2. The maximum Gasteiger partial charge on any atom is 0.161 e. The van der Waals surface area contributed by atoms with Crippen molar-refractivity contribution in [1.29, 1.82) is 0 Å². The van der Waals surface area contributed by atoms with Gasteiger partial charge in [-0.1, -0.05) is 26.8 Å². The van der Waals surface area contributed by atoms with E-state index in [1.807, 2.05) is 18.2 Å². The molecule has 0 radical (unpaired) electrons. The van der Waals surface area contributed by atoms with E-state index in [2.05, 4.69) is 37.0 Å². The Hall–Kier alpha value is -2.01. The van der Waals surface area contributed by atoms with Crippen LogP contribution in [0.2, 0.25) is 0 Å². The first kappa shape index (κ1) is 16.4. The van der Waals surface area contributed by atoms with Crippen LogP contribution in [0.1, 0.15) is 43.6 Å². The molecule has 1 atom stereocenters. The molecule has 1 aromatic heterocycles. The predicted molar refractivity (Wildman–Crippen MR) is 87.7 cm³/mol. The quantitative estimate of drug-likeness (QED) is 0.891. The number of nitrogens with one attached hydrogen (secondary N) is 1. The van der Waals surface area contributed by atoms with Crippen molar-refractivity contribution in [3.8, 4) is 11.5 Å². The van der Waals surface area contributed by atoms with Crippen LogP contribution in [-0.4, -0.2) is 31.0 Å². The number of rotatable bonds is 5. The van der Waals surface area contributed by atoms with Gasteiger partial charge < -0.3 is 15.2 Å². The lowest BCUT2D eigenvalue weighted by molar-refractivity contribution is 0.354. The van der Waals surface area contributed by atoms with Crippen molar-refractivity contribution in [2.75, 3.05) is 20.8 Å². The molecule has 5 heteroatoms. The van der Waals surface area contributed by atoms with E-state index in [1.165, 1.54) is 0 Å². The number of aromatic amines is 1. The summed E-state index contributed by atoms with van der Waals surface area (Å²) >= 11 is 0. The van der Waals surface area contributed by atoms with E-state index in [4.69, 9.17) is 15.2 Å². The first-order valence-corrected chi connectivity index (χ1v) is 7.38. The van der Waals surface area contributed by atoms with Gasteiger partial charge in [-0.25, -0.2) is 0 Å². The summed E-state index contributed by atoms with van der Waals surface area (Å²) < 4.78 is 10.7. The van der Waals surface area contributed by atoms with Crippen molar-refractivity contribution < 1.29 is 9.47 Å². The van der Waals surface area contributed by atoms with Crippen LogP contribution < -0.4 is 15.2 Å². The number of hydrogen-bond donors (Lipinski definition) is 2. The average Bonchev–Trinajstić information content (AvgIpc) is 2.97. The SMILES string of the molecule is COc1ccc(C(CN)c2cc(C(C)(C)C)n[nH]2)cc1OC. The molecule has 0 fully saturated rings. The highest BCUT2D eigenvalue weighted by atomic mass is 16.5. The molecule has 0 saturated carbocycles. The maximum absolute atomic E-state index is 6.00. The van der Waals surface area contributed by atoms with E-state index in [0.717, 1.165) is 17.0 Å². The number of nitrogens with zero attached hydrogens (tertiary/aromatic N) is 1. The van der Waals surface area contributed by atoms with E-state index in [1.54, 1.807) is 14.2 Å². The molecular weight excluding hydrogens is 278 g/mol. The zero-order chi connectivity index (χ0) is 16.3. The molecule has 5 nitrogen and oxygen atoms in total. The Morgan fingerprint density at radius 2 is 1.82 bits per heavy atom. The van der Waals surface area contributed by atoms with E-state index >= 15 is 0 Å². The Kier molecular flexibility index (Phi) is 4.76. The third-order valence-corrected chi connectivity index (χ3v) is 3.79. The largest absolute Gasteiger partial charge is 0.493 e. The molecule has 3 N–H and O–H groups in total. The van der Waals surface area contributed by atoms with E-state index in [-0.39, 0.29) is 11.3 Å². The monoisotopic (exact) mass is 303 g/mol. The maximum atomic E-state index is 6.00. The highest BCUT2D eigenvalue weighted by molar-refractivity contribution is 5.45. The van der Waals surface area contributed by atoms with Crippen molar-refractivity contribution in [1.82, 2.24) is 10.2 Å². The first-order valence-electron chi connectivity index (χ1n) is 7.38. The van der Waals surface area contributed by atoms with Crippen molar-refractivity contribution in [2.24, 2.45) is 5.73 Å². The molecule has 120 valence electrons. The Labute approximate surface area is 131 Å². The van der Waals surface area contributed by atoms with Gasteiger partial charge in [0.25, 0.3) is 0 Å². The van der Waals surface area contributed by atoms with Gasteiger partial charge >= 0.3 is 0 Å². The fraction of sp³-hybridized carbons (Fsp3) is 0.471. The summed E-state index contributed by atoms with van der Waals surface area (Å²) in [5, 5.41) is 7.55. The molecule has 0 aliphatic heterocycles. The highest BCUT2D eigenvalue weighted by Gasteiger charge is 2.22. The molecule has 0 aliphatic carbocycles. The van der Waals surface area contributed by atoms with Crippen LogP contribution in [0, 0.1) is 0 Å². The summed E-state index contributed by atoms with van der Waals surface area (Å²) in [6.07, 6.45) is 0. The zero-order valence-corrected chi connectivity index (χ0v) is 13.9. The Morgan fingerprint density at radius 3 is 2.32 bits per heavy atom. The van der Waals surface area contributed by atoms with Gasteiger partial charge in [-0.2, -0.15) is 5.10 Å². The fourth-order valence-electron chi connectivity index (χ4n) is 2.41. The number of H-pyrrole nitrogens is 1. The summed E-state index contributed by atoms with van der Waals surface area (Å²) in [6, 6.07) is 7.97. The summed E-state index contributed by atoms with van der Waals surface area (Å²) in [5.74, 6) is 1.46. The predicted octanol–water partition coefficient (Wildman–Crippen LogP) is 2.82. The van der Waals surface area contributed by atoms with Crippen molar-refractivity contribution in [2.45, 2.75) is 32.1 Å². The Bertz CT molecular complexity index is 629. The van der Waals surface area contributed by atoms with E-state index in [9.17, 15) is 0 Å². The lowest BCUT2D eigenvalue weighted by Crippen LogP contribution is -2.14. The lowest BCUT2D eigenvalue weighted by atomic mass is 9.90. The van der Waals surface area contributed by atoms with Crippen molar-refractivity contribution in [3.63, 3.8) is 0 Å². The standard InChI is InChI=1S/C17H25N3O2/c1-17(2,3)16-9-13(19-20-16)12(10-18)11-6-7-14(21-4)15(8-11)22-5/h6-9,12H,10,18H2,1-5H3,(H,19,20). The van der Waals surface area contributed by atoms with Gasteiger partial charge in [0, 0.05) is 23.6 Å². The summed E-state index contributed by atoms with van der Waals surface area (Å²) in [4.78, 5) is 0. The molecule has 2 aromatic rings. The second-order valence-electron chi connectivity index (χ2n) is 6.36. The number of benzene rings is 1. The number of hydrogen-bond acceptors (Lipinski definition) is 4. The van der Waals surface area contributed by atoms with Crippen molar-refractivity contribution in [3.05, 3.63) is 41.2 Å². The van der Waals surface area contributed by atoms with Gasteiger partial charge in [0.05, 0.1) is 19.9 Å². The molecule has 1 heterocycles. The fourth-order valence-corrected chi connectivity index (χ4v) is 2.41. The second kappa shape index (κ2) is 6.40. The first-order chi connectivity index (χ1) is 10.4. The normalized spacial score (nSPS) is 13.0. The number of nitrogens with two attached hydrogens (primary N) is 1. The Morgan fingerprint density at radius 1 is 1.14 bits per heavy atom. The molecule has 22 heavy (non-hydrogen) atoms. The molecule has 0 aliphatic rings. The number of ether oxygens (including phenoxy) is 2. The minimum absolute atomic E-state index is 0.00545. The summed E-state index contributed by atoms with van der Waals surface area (Å²) in [6.45, 7) is 6.91. The zero-order valence-electron chi connectivity index (χ0n) is 13.9. The topological polar surface area (TPSA) is 73.2 Å². The van der Waals surface area contributed by atoms with Crippen LogP contribution >= 0.6 is 0 Å². The van der Waals surface area contributed by atoms with E-state index < -0.39 is 0 Å². The number of aromatic nitrogens is 2. The van der Waals surface area contributed by atoms with Gasteiger partial charge in [-0.05, 0) is 23.8 Å². The molecule has 2 rings (SSSR count). The minimum Gasteiger partial charge on any atom is -0.493 e. The molecule has 0 bridgehead atoms.